The Morgan fingerprint density at radius 2 is 2.17 bits per heavy atom. The summed E-state index contributed by atoms with van der Waals surface area (Å²) in [5, 5.41) is 3.28. The molecule has 1 saturated heterocycles. The Balaban J connectivity index is 1.98. The molecule has 1 atom stereocenters. The quantitative estimate of drug-likeness (QED) is 0.696. The zero-order chi connectivity index (χ0) is 8.81. The molecule has 0 aromatic rings. The van der Waals surface area contributed by atoms with Gasteiger partial charge in [-0.05, 0) is 38.8 Å². The molecule has 2 nitrogen and oxygen atoms in total. The van der Waals surface area contributed by atoms with Crippen molar-refractivity contribution in [1.82, 2.24) is 5.32 Å². The second-order valence-corrected chi connectivity index (χ2v) is 3.51. The van der Waals surface area contributed by atoms with E-state index in [-0.39, 0.29) is 6.61 Å². The van der Waals surface area contributed by atoms with E-state index in [1.807, 2.05) is 0 Å². The first-order valence-electron chi connectivity index (χ1n) is 4.71. The molecular formula is C9H18FNO. The summed E-state index contributed by atoms with van der Waals surface area (Å²) in [6.07, 6.45) is 1.51. The van der Waals surface area contributed by atoms with Crippen molar-refractivity contribution in [3.63, 3.8) is 0 Å². The van der Waals surface area contributed by atoms with Crippen LogP contribution in [0.2, 0.25) is 0 Å². The Hall–Kier alpha value is -0.150. The minimum atomic E-state index is -0.827. The van der Waals surface area contributed by atoms with E-state index in [1.165, 1.54) is 19.8 Å². The average molecular weight is 175 g/mol. The lowest BCUT2D eigenvalue weighted by molar-refractivity contribution is 0.0548. The lowest BCUT2D eigenvalue weighted by Crippen LogP contribution is -2.30. The van der Waals surface area contributed by atoms with Crippen molar-refractivity contribution < 1.29 is 9.13 Å². The fraction of sp³-hybridized carbons (Fsp3) is 1.00. The maximum atomic E-state index is 12.3. The van der Waals surface area contributed by atoms with Gasteiger partial charge in [0.15, 0.2) is 0 Å². The van der Waals surface area contributed by atoms with E-state index in [1.54, 1.807) is 0 Å². The van der Waals surface area contributed by atoms with Crippen LogP contribution in [0.4, 0.5) is 4.39 Å². The van der Waals surface area contributed by atoms with Gasteiger partial charge in [0.2, 0.25) is 0 Å². The molecule has 12 heavy (non-hydrogen) atoms. The van der Waals surface area contributed by atoms with Gasteiger partial charge in [0.25, 0.3) is 0 Å². The van der Waals surface area contributed by atoms with Crippen LogP contribution < -0.4 is 5.32 Å². The molecule has 0 amide bonds. The first-order chi connectivity index (χ1) is 5.79. The molecular weight excluding hydrogens is 157 g/mol. The van der Waals surface area contributed by atoms with Crippen molar-refractivity contribution in [2.45, 2.75) is 25.9 Å². The van der Waals surface area contributed by atoms with Crippen LogP contribution in [0.1, 0.15) is 19.8 Å². The molecule has 0 saturated carbocycles. The van der Waals surface area contributed by atoms with E-state index in [4.69, 9.17) is 4.74 Å². The average Bonchev–Trinajstić information content (AvgIpc) is 2.05. The topological polar surface area (TPSA) is 21.3 Å². The molecule has 1 aliphatic rings. The maximum absolute atomic E-state index is 12.3. The summed E-state index contributed by atoms with van der Waals surface area (Å²) in [4.78, 5) is 0. The van der Waals surface area contributed by atoms with Gasteiger partial charge in [-0.1, -0.05) is 0 Å². The smallest absolute Gasteiger partial charge is 0.121 e. The van der Waals surface area contributed by atoms with E-state index in [0.29, 0.717) is 5.92 Å². The molecule has 1 aliphatic heterocycles. The molecule has 0 aromatic heterocycles. The van der Waals surface area contributed by atoms with Gasteiger partial charge in [0.05, 0.1) is 6.61 Å². The Kier molecular flexibility index (Phi) is 4.54. The number of piperidine rings is 1. The largest absolute Gasteiger partial charge is 0.378 e. The summed E-state index contributed by atoms with van der Waals surface area (Å²) < 4.78 is 17.6. The third-order valence-corrected chi connectivity index (χ3v) is 2.16. The standard InChI is InChI=1S/C9H18FNO/c1-8(10)6-12-7-9-2-4-11-5-3-9/h8-9,11H,2-7H2,1H3/t8-/m0/s1. The van der Waals surface area contributed by atoms with E-state index < -0.39 is 6.17 Å². The van der Waals surface area contributed by atoms with Gasteiger partial charge in [0.1, 0.15) is 6.17 Å². The van der Waals surface area contributed by atoms with Gasteiger partial charge in [-0.25, -0.2) is 4.39 Å². The van der Waals surface area contributed by atoms with Crippen LogP contribution in [0, 0.1) is 5.92 Å². The number of hydrogen-bond donors (Lipinski definition) is 1. The van der Waals surface area contributed by atoms with Crippen LogP contribution in [0.5, 0.6) is 0 Å². The summed E-state index contributed by atoms with van der Waals surface area (Å²) in [7, 11) is 0. The molecule has 1 heterocycles. The summed E-state index contributed by atoms with van der Waals surface area (Å²) in [6.45, 7) is 4.68. The summed E-state index contributed by atoms with van der Waals surface area (Å²) in [6, 6.07) is 0. The first kappa shape index (κ1) is 9.93. The van der Waals surface area contributed by atoms with E-state index in [0.717, 1.165) is 19.7 Å². The van der Waals surface area contributed by atoms with E-state index in [2.05, 4.69) is 5.32 Å². The van der Waals surface area contributed by atoms with Crippen molar-refractivity contribution in [1.29, 1.82) is 0 Å². The highest BCUT2D eigenvalue weighted by atomic mass is 19.1. The highest BCUT2D eigenvalue weighted by molar-refractivity contribution is 4.67. The lowest BCUT2D eigenvalue weighted by Gasteiger charge is -2.22. The number of rotatable bonds is 4. The van der Waals surface area contributed by atoms with Gasteiger partial charge in [-0.3, -0.25) is 0 Å². The van der Waals surface area contributed by atoms with Crippen LogP contribution >= 0.6 is 0 Å². The van der Waals surface area contributed by atoms with Crippen molar-refractivity contribution in [2.24, 2.45) is 5.92 Å². The Morgan fingerprint density at radius 3 is 2.75 bits per heavy atom. The van der Waals surface area contributed by atoms with E-state index >= 15 is 0 Å². The van der Waals surface area contributed by atoms with Gasteiger partial charge in [-0.15, -0.1) is 0 Å². The molecule has 3 heteroatoms. The monoisotopic (exact) mass is 175 g/mol. The molecule has 0 bridgehead atoms. The molecule has 0 aliphatic carbocycles. The number of hydrogen-bond acceptors (Lipinski definition) is 2. The molecule has 0 radical (unpaired) electrons. The van der Waals surface area contributed by atoms with E-state index in [9.17, 15) is 4.39 Å². The Labute approximate surface area is 73.5 Å². The van der Waals surface area contributed by atoms with Gasteiger partial charge >= 0.3 is 0 Å². The molecule has 72 valence electrons. The summed E-state index contributed by atoms with van der Waals surface area (Å²) in [5.41, 5.74) is 0. The molecule has 0 aromatic carbocycles. The number of halogens is 1. The Bertz CT molecular complexity index is 113. The summed E-state index contributed by atoms with van der Waals surface area (Å²) >= 11 is 0. The molecule has 0 spiro atoms. The molecule has 1 fully saturated rings. The fourth-order valence-corrected chi connectivity index (χ4v) is 1.45. The van der Waals surface area contributed by atoms with Crippen LogP contribution in [0.15, 0.2) is 0 Å². The lowest BCUT2D eigenvalue weighted by atomic mass is 9.99. The molecule has 1 rings (SSSR count). The fourth-order valence-electron chi connectivity index (χ4n) is 1.45. The van der Waals surface area contributed by atoms with Crippen molar-refractivity contribution in [3.05, 3.63) is 0 Å². The first-order valence-corrected chi connectivity index (χ1v) is 4.71. The minimum absolute atomic E-state index is 0.254. The summed E-state index contributed by atoms with van der Waals surface area (Å²) in [5.74, 6) is 0.644. The van der Waals surface area contributed by atoms with Crippen LogP contribution in [-0.2, 0) is 4.74 Å². The predicted octanol–water partition coefficient (Wildman–Crippen LogP) is 1.36. The van der Waals surface area contributed by atoms with Crippen LogP contribution in [0.25, 0.3) is 0 Å². The zero-order valence-electron chi connectivity index (χ0n) is 7.68. The van der Waals surface area contributed by atoms with Gasteiger partial charge < -0.3 is 10.1 Å². The second-order valence-electron chi connectivity index (χ2n) is 3.51. The van der Waals surface area contributed by atoms with Crippen LogP contribution in [0.3, 0.4) is 0 Å². The van der Waals surface area contributed by atoms with Crippen molar-refractivity contribution in [2.75, 3.05) is 26.3 Å². The van der Waals surface area contributed by atoms with Gasteiger partial charge in [-0.2, -0.15) is 0 Å². The number of ether oxygens (including phenoxy) is 1. The van der Waals surface area contributed by atoms with Gasteiger partial charge in [0, 0.05) is 6.61 Å². The SMILES string of the molecule is C[C@H](F)COCC1CCNCC1. The number of nitrogens with one attached hydrogen (secondary N) is 1. The molecule has 0 unspecified atom stereocenters. The third-order valence-electron chi connectivity index (χ3n) is 2.16. The van der Waals surface area contributed by atoms with Crippen molar-refractivity contribution >= 4 is 0 Å². The number of alkyl halides is 1. The maximum Gasteiger partial charge on any atom is 0.121 e. The minimum Gasteiger partial charge on any atom is -0.378 e. The zero-order valence-corrected chi connectivity index (χ0v) is 7.68. The second kappa shape index (κ2) is 5.49. The predicted molar refractivity (Wildman–Crippen MR) is 47.0 cm³/mol. The van der Waals surface area contributed by atoms with Crippen LogP contribution in [-0.4, -0.2) is 32.5 Å². The highest BCUT2D eigenvalue weighted by Gasteiger charge is 2.12. The third kappa shape index (κ3) is 4.02. The Morgan fingerprint density at radius 1 is 1.50 bits per heavy atom. The molecule has 1 N–H and O–H groups in total. The highest BCUT2D eigenvalue weighted by Crippen LogP contribution is 2.11. The van der Waals surface area contributed by atoms with Crippen molar-refractivity contribution in [3.8, 4) is 0 Å². The normalized spacial score (nSPS) is 22.5.